The SMILES string of the molecule is COCC(C)(NC(=O)/C=C/SC)C(=O)O. The molecule has 0 rings (SSSR count). The second kappa shape index (κ2) is 6.47. The van der Waals surface area contributed by atoms with Gasteiger partial charge in [0.25, 0.3) is 0 Å². The fourth-order valence-electron chi connectivity index (χ4n) is 0.883. The lowest BCUT2D eigenvalue weighted by Crippen LogP contribution is -2.54. The number of carboxylic acid groups (broad SMARTS) is 1. The highest BCUT2D eigenvalue weighted by Crippen LogP contribution is 2.05. The van der Waals surface area contributed by atoms with E-state index < -0.39 is 17.4 Å². The Morgan fingerprint density at radius 3 is 2.60 bits per heavy atom. The van der Waals surface area contributed by atoms with E-state index in [0.717, 1.165) is 0 Å². The molecule has 2 N–H and O–H groups in total. The van der Waals surface area contributed by atoms with Gasteiger partial charge in [0, 0.05) is 13.2 Å². The minimum atomic E-state index is -1.39. The maximum Gasteiger partial charge on any atom is 0.331 e. The van der Waals surface area contributed by atoms with Crippen LogP contribution in [-0.4, -0.2) is 42.5 Å². The van der Waals surface area contributed by atoms with Gasteiger partial charge in [0.15, 0.2) is 5.54 Å². The van der Waals surface area contributed by atoms with Crippen molar-refractivity contribution in [3.63, 3.8) is 0 Å². The van der Waals surface area contributed by atoms with E-state index in [-0.39, 0.29) is 6.61 Å². The Labute approximate surface area is 92.9 Å². The average Bonchev–Trinajstić information content (AvgIpc) is 2.14. The highest BCUT2D eigenvalue weighted by molar-refractivity contribution is 8.01. The number of hydrogen-bond donors (Lipinski definition) is 2. The number of nitrogens with one attached hydrogen (secondary N) is 1. The summed E-state index contributed by atoms with van der Waals surface area (Å²) in [5.74, 6) is -1.58. The standard InChI is InChI=1S/C9H15NO4S/c1-9(6-14-2,8(12)13)10-7(11)4-5-15-3/h4-5H,6H2,1-3H3,(H,10,11)(H,12,13)/b5-4+. The Balaban J connectivity index is 4.48. The lowest BCUT2D eigenvalue weighted by molar-refractivity contribution is -0.148. The van der Waals surface area contributed by atoms with E-state index in [4.69, 9.17) is 9.84 Å². The molecule has 0 saturated heterocycles. The largest absolute Gasteiger partial charge is 0.479 e. The molecule has 0 aliphatic rings. The smallest absolute Gasteiger partial charge is 0.331 e. The van der Waals surface area contributed by atoms with E-state index in [1.807, 2.05) is 0 Å². The van der Waals surface area contributed by atoms with E-state index >= 15 is 0 Å². The Bertz CT molecular complexity index is 267. The highest BCUT2D eigenvalue weighted by atomic mass is 32.2. The molecule has 0 spiro atoms. The second-order valence-corrected chi connectivity index (χ2v) is 3.84. The number of hydrogen-bond acceptors (Lipinski definition) is 4. The molecule has 1 atom stereocenters. The summed E-state index contributed by atoms with van der Waals surface area (Å²) in [6, 6.07) is 0. The molecular weight excluding hydrogens is 218 g/mol. The summed E-state index contributed by atoms with van der Waals surface area (Å²) in [6.07, 6.45) is 3.08. The first kappa shape index (κ1) is 14.0. The highest BCUT2D eigenvalue weighted by Gasteiger charge is 2.34. The van der Waals surface area contributed by atoms with Crippen LogP contribution in [0.4, 0.5) is 0 Å². The molecule has 0 heterocycles. The van der Waals surface area contributed by atoms with Gasteiger partial charge in [0.2, 0.25) is 5.91 Å². The van der Waals surface area contributed by atoms with Gasteiger partial charge in [-0.2, -0.15) is 0 Å². The number of amides is 1. The van der Waals surface area contributed by atoms with Crippen molar-refractivity contribution in [2.24, 2.45) is 0 Å². The lowest BCUT2D eigenvalue weighted by Gasteiger charge is -2.24. The van der Waals surface area contributed by atoms with Crippen LogP contribution in [0.5, 0.6) is 0 Å². The summed E-state index contributed by atoms with van der Waals surface area (Å²) in [5, 5.41) is 12.9. The van der Waals surface area contributed by atoms with Crippen molar-refractivity contribution >= 4 is 23.6 Å². The summed E-state index contributed by atoms with van der Waals surface area (Å²) in [7, 11) is 1.38. The average molecular weight is 233 g/mol. The topological polar surface area (TPSA) is 75.6 Å². The quantitative estimate of drug-likeness (QED) is 0.652. The zero-order valence-corrected chi connectivity index (χ0v) is 9.76. The first-order valence-corrected chi connectivity index (χ1v) is 5.49. The first-order valence-electron chi connectivity index (χ1n) is 4.20. The van der Waals surface area contributed by atoms with E-state index in [2.05, 4.69) is 5.32 Å². The number of rotatable bonds is 6. The van der Waals surface area contributed by atoms with Gasteiger partial charge in [-0.3, -0.25) is 4.79 Å². The van der Waals surface area contributed by atoms with Gasteiger partial charge in [-0.25, -0.2) is 4.79 Å². The van der Waals surface area contributed by atoms with E-state index in [1.165, 1.54) is 31.9 Å². The van der Waals surface area contributed by atoms with Crippen LogP contribution in [0, 0.1) is 0 Å². The van der Waals surface area contributed by atoms with Crippen molar-refractivity contribution in [1.29, 1.82) is 0 Å². The van der Waals surface area contributed by atoms with Gasteiger partial charge in [-0.15, -0.1) is 11.8 Å². The third-order valence-corrected chi connectivity index (χ3v) is 2.07. The summed E-state index contributed by atoms with van der Waals surface area (Å²) < 4.78 is 4.75. The second-order valence-electron chi connectivity index (χ2n) is 3.10. The minimum Gasteiger partial charge on any atom is -0.479 e. The molecule has 6 heteroatoms. The Kier molecular flexibility index (Phi) is 6.03. The van der Waals surface area contributed by atoms with Crippen LogP contribution < -0.4 is 5.32 Å². The summed E-state index contributed by atoms with van der Waals surface area (Å²) in [5.41, 5.74) is -1.39. The molecule has 0 bridgehead atoms. The van der Waals surface area contributed by atoms with Crippen molar-refractivity contribution in [2.75, 3.05) is 20.0 Å². The summed E-state index contributed by atoms with van der Waals surface area (Å²) in [6.45, 7) is 1.31. The van der Waals surface area contributed by atoms with Crippen LogP contribution >= 0.6 is 11.8 Å². The molecule has 1 amide bonds. The molecule has 0 aliphatic carbocycles. The Hall–Kier alpha value is -1.01. The number of carbonyl (C=O) groups excluding carboxylic acids is 1. The fraction of sp³-hybridized carbons (Fsp3) is 0.556. The first-order chi connectivity index (χ1) is 6.96. The molecule has 0 saturated carbocycles. The maximum absolute atomic E-state index is 11.3. The van der Waals surface area contributed by atoms with E-state index in [1.54, 1.807) is 11.7 Å². The van der Waals surface area contributed by atoms with Gasteiger partial charge in [-0.1, -0.05) is 0 Å². The molecule has 5 nitrogen and oxygen atoms in total. The van der Waals surface area contributed by atoms with Crippen LogP contribution in [-0.2, 0) is 14.3 Å². The molecule has 0 aromatic heterocycles. The normalized spacial score (nSPS) is 14.9. The molecule has 0 aromatic carbocycles. The number of aliphatic carboxylic acids is 1. The molecule has 0 aliphatic heterocycles. The number of methoxy groups -OCH3 is 1. The summed E-state index contributed by atoms with van der Waals surface area (Å²) in [4.78, 5) is 22.2. The third kappa shape index (κ3) is 4.85. The molecule has 0 fully saturated rings. The fourth-order valence-corrected chi connectivity index (χ4v) is 1.14. The zero-order chi connectivity index (χ0) is 11.9. The lowest BCUT2D eigenvalue weighted by atomic mass is 10.0. The number of ether oxygens (including phenoxy) is 1. The minimum absolute atomic E-state index is 0.0822. The molecule has 0 radical (unpaired) electrons. The number of carbonyl (C=O) groups is 2. The Morgan fingerprint density at radius 2 is 2.20 bits per heavy atom. The molecular formula is C9H15NO4S. The summed E-state index contributed by atoms with van der Waals surface area (Å²) >= 11 is 1.36. The van der Waals surface area contributed by atoms with Crippen LogP contribution in [0.2, 0.25) is 0 Å². The Morgan fingerprint density at radius 1 is 1.60 bits per heavy atom. The van der Waals surface area contributed by atoms with Crippen molar-refractivity contribution in [1.82, 2.24) is 5.32 Å². The van der Waals surface area contributed by atoms with Crippen LogP contribution in [0.15, 0.2) is 11.5 Å². The van der Waals surface area contributed by atoms with Gasteiger partial charge in [-0.05, 0) is 18.6 Å². The van der Waals surface area contributed by atoms with Crippen molar-refractivity contribution < 1.29 is 19.4 Å². The van der Waals surface area contributed by atoms with Crippen LogP contribution in [0.25, 0.3) is 0 Å². The van der Waals surface area contributed by atoms with Crippen LogP contribution in [0.3, 0.4) is 0 Å². The van der Waals surface area contributed by atoms with Crippen molar-refractivity contribution in [2.45, 2.75) is 12.5 Å². The van der Waals surface area contributed by atoms with Gasteiger partial charge >= 0.3 is 5.97 Å². The van der Waals surface area contributed by atoms with Gasteiger partial charge in [0.05, 0.1) is 6.61 Å². The monoisotopic (exact) mass is 233 g/mol. The molecule has 86 valence electrons. The van der Waals surface area contributed by atoms with Gasteiger partial charge < -0.3 is 15.2 Å². The number of thioether (sulfide) groups is 1. The predicted molar refractivity (Wildman–Crippen MR) is 58.7 cm³/mol. The predicted octanol–water partition coefficient (Wildman–Crippen LogP) is 0.469. The molecule has 15 heavy (non-hydrogen) atoms. The van der Waals surface area contributed by atoms with E-state index in [0.29, 0.717) is 0 Å². The van der Waals surface area contributed by atoms with Crippen LogP contribution in [0.1, 0.15) is 6.92 Å². The van der Waals surface area contributed by atoms with Gasteiger partial charge in [0.1, 0.15) is 0 Å². The zero-order valence-electron chi connectivity index (χ0n) is 8.94. The van der Waals surface area contributed by atoms with E-state index in [9.17, 15) is 9.59 Å². The molecule has 1 unspecified atom stereocenters. The number of carboxylic acids is 1. The van der Waals surface area contributed by atoms with Crippen molar-refractivity contribution in [3.8, 4) is 0 Å². The van der Waals surface area contributed by atoms with Crippen molar-refractivity contribution in [3.05, 3.63) is 11.5 Å². The maximum atomic E-state index is 11.3. The third-order valence-electron chi connectivity index (χ3n) is 1.66. The molecule has 0 aromatic rings.